The number of hydrogen-bond donors (Lipinski definition) is 0. The maximum atomic E-state index is 11.6. The monoisotopic (exact) mass is 183 g/mol. The van der Waals surface area contributed by atoms with Gasteiger partial charge in [0.1, 0.15) is 5.78 Å². The van der Waals surface area contributed by atoms with E-state index in [2.05, 4.69) is 18.7 Å². The van der Waals surface area contributed by atoms with E-state index in [0.717, 1.165) is 19.0 Å². The molecule has 2 heteroatoms. The lowest BCUT2D eigenvalue weighted by atomic mass is 10.0. The highest BCUT2D eigenvalue weighted by molar-refractivity contribution is 5.82. The van der Waals surface area contributed by atoms with Crippen LogP contribution < -0.4 is 0 Å². The van der Waals surface area contributed by atoms with Gasteiger partial charge in [0.05, 0.1) is 6.54 Å². The molecule has 0 bridgehead atoms. The van der Waals surface area contributed by atoms with Crippen LogP contribution in [-0.4, -0.2) is 29.8 Å². The predicted molar refractivity (Wildman–Crippen MR) is 54.7 cm³/mol. The molecule has 1 fully saturated rings. The lowest BCUT2D eigenvalue weighted by Gasteiger charge is -2.20. The van der Waals surface area contributed by atoms with Gasteiger partial charge in [0.15, 0.2) is 0 Å². The molecule has 0 heterocycles. The standard InChI is InChI=1S/C11H21NO/c1-4-9(3)11(13)8-12(5-2)10-6-7-10/h9-10H,4-8H2,1-3H3. The molecule has 1 atom stereocenters. The van der Waals surface area contributed by atoms with Gasteiger partial charge in [-0.2, -0.15) is 0 Å². The minimum absolute atomic E-state index is 0.243. The molecule has 0 spiro atoms. The van der Waals surface area contributed by atoms with Crippen LogP contribution in [0.1, 0.15) is 40.0 Å². The Balaban J connectivity index is 2.31. The molecule has 0 radical (unpaired) electrons. The number of rotatable bonds is 6. The molecule has 1 aliphatic carbocycles. The SMILES string of the molecule is CCC(C)C(=O)CN(CC)C1CC1. The average Bonchev–Trinajstić information content (AvgIpc) is 2.95. The van der Waals surface area contributed by atoms with Crippen molar-refractivity contribution in [3.05, 3.63) is 0 Å². The molecule has 1 aliphatic rings. The third-order valence-corrected chi connectivity index (χ3v) is 2.99. The molecule has 1 rings (SSSR count). The summed E-state index contributed by atoms with van der Waals surface area (Å²) in [5, 5.41) is 0. The van der Waals surface area contributed by atoms with E-state index in [0.29, 0.717) is 12.3 Å². The van der Waals surface area contributed by atoms with Gasteiger partial charge in [-0.15, -0.1) is 0 Å². The van der Waals surface area contributed by atoms with Crippen LogP contribution in [0.25, 0.3) is 0 Å². The molecule has 0 N–H and O–H groups in total. The summed E-state index contributed by atoms with van der Waals surface area (Å²) < 4.78 is 0. The van der Waals surface area contributed by atoms with Crippen LogP contribution in [0.3, 0.4) is 0 Å². The highest BCUT2D eigenvalue weighted by atomic mass is 16.1. The Morgan fingerprint density at radius 1 is 1.46 bits per heavy atom. The molecule has 0 saturated heterocycles. The molecule has 1 saturated carbocycles. The number of likely N-dealkylation sites (N-methyl/N-ethyl adjacent to an activating group) is 1. The fourth-order valence-corrected chi connectivity index (χ4v) is 1.52. The second-order valence-corrected chi connectivity index (χ2v) is 4.07. The summed E-state index contributed by atoms with van der Waals surface area (Å²) in [5.74, 6) is 0.657. The number of hydrogen-bond acceptors (Lipinski definition) is 2. The molecular weight excluding hydrogens is 162 g/mol. The summed E-state index contributed by atoms with van der Waals surface area (Å²) in [5.41, 5.74) is 0. The van der Waals surface area contributed by atoms with Gasteiger partial charge < -0.3 is 0 Å². The maximum absolute atomic E-state index is 11.6. The molecule has 13 heavy (non-hydrogen) atoms. The molecule has 0 aliphatic heterocycles. The van der Waals surface area contributed by atoms with E-state index in [9.17, 15) is 4.79 Å². The van der Waals surface area contributed by atoms with Gasteiger partial charge in [0.25, 0.3) is 0 Å². The van der Waals surface area contributed by atoms with Crippen LogP contribution >= 0.6 is 0 Å². The number of carbonyl (C=O) groups is 1. The second-order valence-electron chi connectivity index (χ2n) is 4.07. The van der Waals surface area contributed by atoms with E-state index in [4.69, 9.17) is 0 Å². The lowest BCUT2D eigenvalue weighted by Crippen LogP contribution is -2.33. The van der Waals surface area contributed by atoms with Crippen molar-refractivity contribution >= 4 is 5.78 Å². The largest absolute Gasteiger partial charge is 0.298 e. The fourth-order valence-electron chi connectivity index (χ4n) is 1.52. The third-order valence-electron chi connectivity index (χ3n) is 2.99. The third kappa shape index (κ3) is 3.11. The molecule has 0 aromatic rings. The topological polar surface area (TPSA) is 20.3 Å². The van der Waals surface area contributed by atoms with Crippen LogP contribution in [-0.2, 0) is 4.79 Å². The van der Waals surface area contributed by atoms with Crippen LogP contribution in [0.15, 0.2) is 0 Å². The Kier molecular flexibility index (Phi) is 3.91. The summed E-state index contributed by atoms with van der Waals surface area (Å²) in [6.45, 7) is 7.95. The van der Waals surface area contributed by atoms with Gasteiger partial charge in [-0.05, 0) is 25.8 Å². The Morgan fingerprint density at radius 3 is 2.46 bits per heavy atom. The normalized spacial score (nSPS) is 19.1. The minimum Gasteiger partial charge on any atom is -0.298 e. The minimum atomic E-state index is 0.243. The van der Waals surface area contributed by atoms with E-state index in [-0.39, 0.29) is 5.92 Å². The summed E-state index contributed by atoms with van der Waals surface area (Å²) in [4.78, 5) is 13.9. The van der Waals surface area contributed by atoms with E-state index in [1.807, 2.05) is 6.92 Å². The van der Waals surface area contributed by atoms with E-state index < -0.39 is 0 Å². The van der Waals surface area contributed by atoms with Crippen molar-refractivity contribution in [2.24, 2.45) is 5.92 Å². The molecule has 0 amide bonds. The predicted octanol–water partition coefficient (Wildman–Crippen LogP) is 2.09. The number of Topliss-reactive ketones (excluding diaryl/α,β-unsaturated/α-hetero) is 1. The average molecular weight is 183 g/mol. The lowest BCUT2D eigenvalue weighted by molar-refractivity contribution is -0.123. The number of ketones is 1. The molecular formula is C11H21NO. The quantitative estimate of drug-likeness (QED) is 0.628. The zero-order chi connectivity index (χ0) is 9.84. The Labute approximate surface area is 81.3 Å². The number of carbonyl (C=O) groups excluding carboxylic acids is 1. The van der Waals surface area contributed by atoms with E-state index in [1.54, 1.807) is 0 Å². The van der Waals surface area contributed by atoms with Gasteiger partial charge >= 0.3 is 0 Å². The zero-order valence-corrected chi connectivity index (χ0v) is 9.05. The first-order chi connectivity index (χ1) is 6.19. The van der Waals surface area contributed by atoms with Crippen LogP contribution in [0, 0.1) is 5.92 Å². The van der Waals surface area contributed by atoms with Crippen molar-refractivity contribution in [1.82, 2.24) is 4.90 Å². The van der Waals surface area contributed by atoms with Crippen molar-refractivity contribution in [1.29, 1.82) is 0 Å². The van der Waals surface area contributed by atoms with Gasteiger partial charge in [0, 0.05) is 12.0 Å². The molecule has 76 valence electrons. The van der Waals surface area contributed by atoms with E-state index in [1.165, 1.54) is 12.8 Å². The van der Waals surface area contributed by atoms with Gasteiger partial charge in [-0.3, -0.25) is 9.69 Å². The smallest absolute Gasteiger partial charge is 0.149 e. The highest BCUT2D eigenvalue weighted by Gasteiger charge is 2.29. The van der Waals surface area contributed by atoms with Crippen LogP contribution in [0.5, 0.6) is 0 Å². The highest BCUT2D eigenvalue weighted by Crippen LogP contribution is 2.26. The van der Waals surface area contributed by atoms with Crippen molar-refractivity contribution < 1.29 is 4.79 Å². The Hall–Kier alpha value is -0.370. The molecule has 2 nitrogen and oxygen atoms in total. The summed E-state index contributed by atoms with van der Waals surface area (Å²) in [7, 11) is 0. The van der Waals surface area contributed by atoms with Gasteiger partial charge in [-0.1, -0.05) is 20.8 Å². The first kappa shape index (κ1) is 10.7. The first-order valence-electron chi connectivity index (χ1n) is 5.45. The fraction of sp³-hybridized carbons (Fsp3) is 0.909. The Morgan fingerprint density at radius 2 is 2.08 bits per heavy atom. The van der Waals surface area contributed by atoms with Crippen molar-refractivity contribution in [2.75, 3.05) is 13.1 Å². The number of nitrogens with zero attached hydrogens (tertiary/aromatic N) is 1. The van der Waals surface area contributed by atoms with Crippen molar-refractivity contribution in [3.63, 3.8) is 0 Å². The Bertz CT molecular complexity index is 175. The van der Waals surface area contributed by atoms with Gasteiger partial charge in [-0.25, -0.2) is 0 Å². The summed E-state index contributed by atoms with van der Waals surface area (Å²) >= 11 is 0. The van der Waals surface area contributed by atoms with Crippen LogP contribution in [0.2, 0.25) is 0 Å². The van der Waals surface area contributed by atoms with Crippen molar-refractivity contribution in [2.45, 2.75) is 46.1 Å². The van der Waals surface area contributed by atoms with E-state index >= 15 is 0 Å². The molecule has 0 aromatic carbocycles. The second kappa shape index (κ2) is 4.75. The van der Waals surface area contributed by atoms with Crippen LogP contribution in [0.4, 0.5) is 0 Å². The van der Waals surface area contributed by atoms with Crippen molar-refractivity contribution in [3.8, 4) is 0 Å². The molecule has 0 aromatic heterocycles. The zero-order valence-electron chi connectivity index (χ0n) is 9.05. The summed E-state index contributed by atoms with van der Waals surface area (Å²) in [6, 6.07) is 0.720. The maximum Gasteiger partial charge on any atom is 0.149 e. The molecule has 1 unspecified atom stereocenters. The first-order valence-corrected chi connectivity index (χ1v) is 5.45. The van der Waals surface area contributed by atoms with Gasteiger partial charge in [0.2, 0.25) is 0 Å². The summed E-state index contributed by atoms with van der Waals surface area (Å²) in [6.07, 6.45) is 3.56.